The fourth-order valence-electron chi connectivity index (χ4n) is 3.51. The molecule has 3 aromatic rings. The van der Waals surface area contributed by atoms with Crippen molar-refractivity contribution in [2.24, 2.45) is 0 Å². The van der Waals surface area contributed by atoms with E-state index in [1.54, 1.807) is 24.4 Å². The molecule has 0 saturated heterocycles. The summed E-state index contributed by atoms with van der Waals surface area (Å²) < 4.78 is 27.9. The van der Waals surface area contributed by atoms with Crippen LogP contribution in [0.1, 0.15) is 29.8 Å². The zero-order valence-corrected chi connectivity index (χ0v) is 19.9. The molecule has 170 valence electrons. The first-order valence-corrected chi connectivity index (χ1v) is 12.5. The van der Waals surface area contributed by atoms with Gasteiger partial charge >= 0.3 is 0 Å². The van der Waals surface area contributed by atoms with Gasteiger partial charge in [-0.1, -0.05) is 35.9 Å². The van der Waals surface area contributed by atoms with E-state index >= 15 is 0 Å². The summed E-state index contributed by atoms with van der Waals surface area (Å²) in [5, 5.41) is 3.39. The second-order valence-electron chi connectivity index (χ2n) is 7.62. The molecule has 1 N–H and O–H groups in total. The normalized spacial score (nSPS) is 11.4. The zero-order valence-electron chi connectivity index (χ0n) is 18.4. The first kappa shape index (κ1) is 23.8. The first-order valence-electron chi connectivity index (χ1n) is 10.3. The maximum Gasteiger partial charge on any atom is 0.232 e. The molecule has 1 heterocycles. The predicted octanol–water partition coefficient (Wildman–Crippen LogP) is 4.01. The van der Waals surface area contributed by atoms with Crippen molar-refractivity contribution >= 4 is 33.2 Å². The van der Waals surface area contributed by atoms with Crippen molar-refractivity contribution in [1.82, 2.24) is 14.9 Å². The molecule has 3 rings (SSSR count). The summed E-state index contributed by atoms with van der Waals surface area (Å²) in [6.07, 6.45) is 5.36. The van der Waals surface area contributed by atoms with Gasteiger partial charge in [-0.2, -0.15) is 0 Å². The molecule has 0 fully saturated rings. The van der Waals surface area contributed by atoms with Gasteiger partial charge in [0.1, 0.15) is 5.82 Å². The number of carbonyl (C=O) groups excluding carboxylic acids is 1. The topological polar surface area (TPSA) is 84.3 Å². The molecular weight excluding hydrogens is 448 g/mol. The monoisotopic (exact) mass is 474 g/mol. The van der Waals surface area contributed by atoms with E-state index in [4.69, 9.17) is 11.6 Å². The Labute approximate surface area is 194 Å². The van der Waals surface area contributed by atoms with Crippen LogP contribution in [0.2, 0.25) is 5.02 Å². The van der Waals surface area contributed by atoms with Crippen LogP contribution < -0.4 is 9.62 Å². The summed E-state index contributed by atoms with van der Waals surface area (Å²) in [6.45, 7) is 4.31. The van der Waals surface area contributed by atoms with Crippen molar-refractivity contribution in [3.05, 3.63) is 76.8 Å². The number of benzene rings is 2. The Morgan fingerprint density at radius 3 is 2.62 bits per heavy atom. The largest absolute Gasteiger partial charge is 0.352 e. The number of anilines is 1. The van der Waals surface area contributed by atoms with Crippen LogP contribution in [0.5, 0.6) is 0 Å². The van der Waals surface area contributed by atoms with E-state index in [2.05, 4.69) is 10.3 Å². The summed E-state index contributed by atoms with van der Waals surface area (Å²) >= 11 is 6.06. The Balaban J connectivity index is 1.61. The fraction of sp³-hybridized carbons (Fsp3) is 0.304. The highest BCUT2D eigenvalue weighted by Gasteiger charge is 2.20. The minimum atomic E-state index is -3.51. The fourth-order valence-corrected chi connectivity index (χ4v) is 4.69. The van der Waals surface area contributed by atoms with E-state index in [0.29, 0.717) is 23.7 Å². The van der Waals surface area contributed by atoms with E-state index in [1.807, 2.05) is 48.9 Å². The van der Waals surface area contributed by atoms with E-state index in [0.717, 1.165) is 28.9 Å². The molecule has 0 aliphatic carbocycles. The first-order chi connectivity index (χ1) is 15.2. The molecular formula is C23H27ClN4O3S. The smallest absolute Gasteiger partial charge is 0.232 e. The zero-order chi connectivity index (χ0) is 23.3. The summed E-state index contributed by atoms with van der Waals surface area (Å²) in [7, 11) is -3.51. The number of halogens is 1. The van der Waals surface area contributed by atoms with E-state index in [1.165, 1.54) is 4.31 Å². The Bertz CT molecular complexity index is 1210. The minimum Gasteiger partial charge on any atom is -0.352 e. The quantitative estimate of drug-likeness (QED) is 0.508. The van der Waals surface area contributed by atoms with Crippen molar-refractivity contribution in [3.63, 3.8) is 0 Å². The van der Waals surface area contributed by atoms with Gasteiger partial charge in [-0.25, -0.2) is 13.4 Å². The van der Waals surface area contributed by atoms with Gasteiger partial charge in [0.05, 0.1) is 17.6 Å². The summed E-state index contributed by atoms with van der Waals surface area (Å²) in [5.41, 5.74) is 3.26. The number of imidazole rings is 1. The lowest BCUT2D eigenvalue weighted by Crippen LogP contribution is -2.32. The average Bonchev–Trinajstić information content (AvgIpc) is 3.16. The van der Waals surface area contributed by atoms with Crippen LogP contribution in [0.25, 0.3) is 5.69 Å². The lowest BCUT2D eigenvalue weighted by molar-refractivity contribution is -0.121. The Hall–Kier alpha value is -2.84. The third-order valence-electron chi connectivity index (χ3n) is 5.16. The van der Waals surface area contributed by atoms with Crippen LogP contribution in [0.3, 0.4) is 0 Å². The number of carbonyl (C=O) groups is 1. The highest BCUT2D eigenvalue weighted by molar-refractivity contribution is 7.92. The molecule has 0 unspecified atom stereocenters. The van der Waals surface area contributed by atoms with Gasteiger partial charge in [-0.15, -0.1) is 0 Å². The van der Waals surface area contributed by atoms with Crippen molar-refractivity contribution in [1.29, 1.82) is 0 Å². The number of aromatic nitrogens is 2. The van der Waals surface area contributed by atoms with Crippen LogP contribution in [0.15, 0.2) is 54.9 Å². The SMILES string of the molecule is Cc1ccc(Cl)cc1N(CCCC(=O)NCc1ccccc1-n1ccnc1C)S(C)(=O)=O. The number of sulfonamides is 1. The number of amides is 1. The molecule has 0 bridgehead atoms. The Morgan fingerprint density at radius 2 is 1.94 bits per heavy atom. The Morgan fingerprint density at radius 1 is 1.19 bits per heavy atom. The van der Waals surface area contributed by atoms with Crippen LogP contribution in [0.4, 0.5) is 5.69 Å². The average molecular weight is 475 g/mol. The molecule has 9 heteroatoms. The number of rotatable bonds is 9. The highest BCUT2D eigenvalue weighted by Crippen LogP contribution is 2.26. The Kier molecular flexibility index (Phi) is 7.58. The maximum atomic E-state index is 12.5. The number of para-hydroxylation sites is 1. The van der Waals surface area contributed by atoms with Gasteiger partial charge in [0.15, 0.2) is 0 Å². The molecule has 32 heavy (non-hydrogen) atoms. The maximum absolute atomic E-state index is 12.5. The minimum absolute atomic E-state index is 0.140. The third kappa shape index (κ3) is 5.89. The molecule has 2 aromatic carbocycles. The van der Waals surface area contributed by atoms with Crippen molar-refractivity contribution < 1.29 is 13.2 Å². The number of aryl methyl sites for hydroxylation is 2. The van der Waals surface area contributed by atoms with E-state index in [9.17, 15) is 13.2 Å². The number of hydrogen-bond donors (Lipinski definition) is 1. The van der Waals surface area contributed by atoms with Crippen molar-refractivity contribution in [3.8, 4) is 5.69 Å². The van der Waals surface area contributed by atoms with Gasteiger partial charge in [0.2, 0.25) is 15.9 Å². The molecule has 0 radical (unpaired) electrons. The van der Waals surface area contributed by atoms with E-state index < -0.39 is 10.0 Å². The molecule has 0 aliphatic rings. The van der Waals surface area contributed by atoms with Crippen LogP contribution in [-0.4, -0.2) is 36.7 Å². The van der Waals surface area contributed by atoms with Gasteiger partial charge in [0, 0.05) is 36.9 Å². The molecule has 0 spiro atoms. The van der Waals surface area contributed by atoms with Gasteiger partial charge in [0.25, 0.3) is 0 Å². The lowest BCUT2D eigenvalue weighted by Gasteiger charge is -2.24. The highest BCUT2D eigenvalue weighted by atomic mass is 35.5. The molecule has 1 aromatic heterocycles. The summed E-state index contributed by atoms with van der Waals surface area (Å²) in [5.74, 6) is 0.722. The third-order valence-corrected chi connectivity index (χ3v) is 6.57. The van der Waals surface area contributed by atoms with Crippen LogP contribution in [-0.2, 0) is 21.4 Å². The second kappa shape index (κ2) is 10.2. The summed E-state index contributed by atoms with van der Waals surface area (Å²) in [6, 6.07) is 12.9. The van der Waals surface area contributed by atoms with Crippen molar-refractivity contribution in [2.75, 3.05) is 17.1 Å². The summed E-state index contributed by atoms with van der Waals surface area (Å²) in [4.78, 5) is 16.7. The van der Waals surface area contributed by atoms with Crippen LogP contribution in [0, 0.1) is 13.8 Å². The van der Waals surface area contributed by atoms with Gasteiger partial charge in [-0.05, 0) is 49.6 Å². The van der Waals surface area contributed by atoms with Crippen molar-refractivity contribution in [2.45, 2.75) is 33.2 Å². The van der Waals surface area contributed by atoms with E-state index in [-0.39, 0.29) is 18.9 Å². The second-order valence-corrected chi connectivity index (χ2v) is 9.96. The van der Waals surface area contributed by atoms with Gasteiger partial charge in [-0.3, -0.25) is 9.10 Å². The standard InChI is InChI=1S/C23H27ClN4O3S/c1-17-10-11-20(24)15-22(17)28(32(3,30)31)13-6-9-23(29)26-16-19-7-4-5-8-21(19)27-14-12-25-18(27)2/h4-5,7-8,10-12,14-15H,6,9,13,16H2,1-3H3,(H,26,29). The van der Waals surface area contributed by atoms with Crippen LogP contribution >= 0.6 is 11.6 Å². The molecule has 7 nitrogen and oxygen atoms in total. The number of nitrogens with one attached hydrogen (secondary N) is 1. The molecule has 0 aliphatic heterocycles. The predicted molar refractivity (Wildman–Crippen MR) is 128 cm³/mol. The molecule has 0 saturated carbocycles. The molecule has 1 amide bonds. The van der Waals surface area contributed by atoms with Gasteiger partial charge < -0.3 is 9.88 Å². The number of hydrogen-bond acceptors (Lipinski definition) is 4. The molecule has 0 atom stereocenters. The number of nitrogens with zero attached hydrogens (tertiary/aromatic N) is 3. The lowest BCUT2D eigenvalue weighted by atomic mass is 10.1.